The standard InChI is InChI=1S/C11H14N/c1-2-12-8-7-10-5-3-4-6-11(10)9-12/h3-6,9H,2,7-8H2,1H3. The summed E-state index contributed by atoms with van der Waals surface area (Å²) in [5.74, 6) is 0. The van der Waals surface area contributed by atoms with Crippen molar-refractivity contribution >= 4 is 0 Å². The maximum Gasteiger partial charge on any atom is 0.0548 e. The minimum atomic E-state index is 1.12. The molecule has 0 saturated carbocycles. The first-order chi connectivity index (χ1) is 5.90. The van der Waals surface area contributed by atoms with Crippen molar-refractivity contribution in [1.82, 2.24) is 4.90 Å². The summed E-state index contributed by atoms with van der Waals surface area (Å²) in [6.45, 7) is 6.76. The number of likely N-dealkylation sites (N-methyl/N-ethyl adjacent to an activating group) is 1. The number of hydrogen-bond acceptors (Lipinski definition) is 1. The van der Waals surface area contributed by atoms with Crippen molar-refractivity contribution in [3.05, 3.63) is 41.9 Å². The van der Waals surface area contributed by atoms with Gasteiger partial charge in [0, 0.05) is 6.54 Å². The van der Waals surface area contributed by atoms with Crippen LogP contribution in [0.4, 0.5) is 0 Å². The molecule has 1 aliphatic heterocycles. The Hall–Kier alpha value is -0.820. The zero-order chi connectivity index (χ0) is 8.39. The van der Waals surface area contributed by atoms with E-state index < -0.39 is 0 Å². The second-order valence-electron chi connectivity index (χ2n) is 3.21. The van der Waals surface area contributed by atoms with Crippen molar-refractivity contribution < 1.29 is 0 Å². The van der Waals surface area contributed by atoms with Gasteiger partial charge in [-0.05, 0) is 24.1 Å². The lowest BCUT2D eigenvalue weighted by Gasteiger charge is -2.26. The number of fused-ring (bicyclic) bond motifs is 1. The summed E-state index contributed by atoms with van der Waals surface area (Å²) in [4.78, 5) is 2.36. The largest absolute Gasteiger partial charge is 0.294 e. The molecular weight excluding hydrogens is 146 g/mol. The molecule has 0 atom stereocenters. The molecule has 0 bridgehead atoms. The van der Waals surface area contributed by atoms with E-state index in [1.807, 2.05) is 0 Å². The van der Waals surface area contributed by atoms with Gasteiger partial charge in [0.25, 0.3) is 0 Å². The molecule has 1 heteroatoms. The van der Waals surface area contributed by atoms with Gasteiger partial charge in [0.05, 0.1) is 6.54 Å². The van der Waals surface area contributed by atoms with Crippen molar-refractivity contribution in [2.24, 2.45) is 0 Å². The van der Waals surface area contributed by atoms with Crippen molar-refractivity contribution in [3.8, 4) is 0 Å². The van der Waals surface area contributed by atoms with Crippen molar-refractivity contribution in [3.63, 3.8) is 0 Å². The van der Waals surface area contributed by atoms with Crippen LogP contribution >= 0.6 is 0 Å². The van der Waals surface area contributed by atoms with Crippen molar-refractivity contribution in [2.45, 2.75) is 13.3 Å². The van der Waals surface area contributed by atoms with Crippen molar-refractivity contribution in [1.29, 1.82) is 0 Å². The highest BCUT2D eigenvalue weighted by atomic mass is 15.1. The molecule has 2 rings (SSSR count). The molecule has 1 aromatic carbocycles. The van der Waals surface area contributed by atoms with Gasteiger partial charge in [-0.25, -0.2) is 0 Å². The topological polar surface area (TPSA) is 3.24 Å². The fourth-order valence-electron chi connectivity index (χ4n) is 1.66. The molecule has 1 radical (unpaired) electrons. The van der Waals surface area contributed by atoms with E-state index in [4.69, 9.17) is 0 Å². The summed E-state index contributed by atoms with van der Waals surface area (Å²) in [5.41, 5.74) is 2.88. The second-order valence-corrected chi connectivity index (χ2v) is 3.21. The molecule has 0 saturated heterocycles. The van der Waals surface area contributed by atoms with E-state index in [1.54, 1.807) is 0 Å². The monoisotopic (exact) mass is 160 g/mol. The van der Waals surface area contributed by atoms with E-state index in [-0.39, 0.29) is 0 Å². The Morgan fingerprint density at radius 3 is 3.00 bits per heavy atom. The van der Waals surface area contributed by atoms with Crippen molar-refractivity contribution in [2.75, 3.05) is 13.1 Å². The lowest BCUT2D eigenvalue weighted by atomic mass is 10.0. The summed E-state index contributed by atoms with van der Waals surface area (Å²) < 4.78 is 0. The Balaban J connectivity index is 2.23. The molecule has 0 fully saturated rings. The van der Waals surface area contributed by atoms with E-state index in [1.165, 1.54) is 24.1 Å². The van der Waals surface area contributed by atoms with Crippen LogP contribution in [0.3, 0.4) is 0 Å². The minimum Gasteiger partial charge on any atom is -0.294 e. The first-order valence-corrected chi connectivity index (χ1v) is 4.57. The molecule has 1 aliphatic rings. The third kappa shape index (κ3) is 1.37. The van der Waals surface area contributed by atoms with Crippen LogP contribution in [0.5, 0.6) is 0 Å². The van der Waals surface area contributed by atoms with Gasteiger partial charge in [-0.15, -0.1) is 0 Å². The highest BCUT2D eigenvalue weighted by Crippen LogP contribution is 2.19. The highest BCUT2D eigenvalue weighted by molar-refractivity contribution is 5.34. The fraction of sp³-hybridized carbons (Fsp3) is 0.364. The van der Waals surface area contributed by atoms with E-state index in [9.17, 15) is 0 Å². The summed E-state index contributed by atoms with van der Waals surface area (Å²) in [5, 5.41) is 0. The van der Waals surface area contributed by atoms with E-state index >= 15 is 0 Å². The normalized spacial score (nSPS) is 17.4. The quantitative estimate of drug-likeness (QED) is 0.608. The van der Waals surface area contributed by atoms with Crippen LogP contribution in [-0.4, -0.2) is 18.0 Å². The minimum absolute atomic E-state index is 1.12. The van der Waals surface area contributed by atoms with Crippen LogP contribution in [0.2, 0.25) is 0 Å². The summed E-state index contributed by atoms with van der Waals surface area (Å²) in [6, 6.07) is 8.64. The van der Waals surface area contributed by atoms with Crippen LogP contribution in [0, 0.1) is 6.54 Å². The molecular formula is C11H14N. The molecule has 1 heterocycles. The molecule has 1 aromatic rings. The zero-order valence-electron chi connectivity index (χ0n) is 7.46. The predicted molar refractivity (Wildman–Crippen MR) is 50.8 cm³/mol. The Kier molecular flexibility index (Phi) is 2.13. The Labute approximate surface area is 74.0 Å². The maximum atomic E-state index is 2.36. The van der Waals surface area contributed by atoms with Gasteiger partial charge in [-0.2, -0.15) is 0 Å². The number of rotatable bonds is 1. The van der Waals surface area contributed by atoms with Crippen LogP contribution < -0.4 is 0 Å². The molecule has 0 unspecified atom stereocenters. The Morgan fingerprint density at radius 1 is 1.33 bits per heavy atom. The Bertz CT molecular complexity index is 267. The van der Waals surface area contributed by atoms with Gasteiger partial charge in [0.15, 0.2) is 0 Å². The van der Waals surface area contributed by atoms with Crippen LogP contribution in [0.15, 0.2) is 24.3 Å². The van der Waals surface area contributed by atoms with E-state index in [0.717, 1.165) is 6.54 Å². The first-order valence-electron chi connectivity index (χ1n) is 4.57. The number of benzene rings is 1. The third-order valence-corrected chi connectivity index (χ3v) is 2.45. The second kappa shape index (κ2) is 3.28. The molecule has 1 nitrogen and oxygen atoms in total. The third-order valence-electron chi connectivity index (χ3n) is 2.45. The molecule has 0 N–H and O–H groups in total. The lowest BCUT2D eigenvalue weighted by molar-refractivity contribution is 0.353. The van der Waals surface area contributed by atoms with Gasteiger partial charge < -0.3 is 0 Å². The molecule has 63 valence electrons. The molecule has 0 spiro atoms. The van der Waals surface area contributed by atoms with Crippen LogP contribution in [-0.2, 0) is 6.42 Å². The molecule has 0 amide bonds. The lowest BCUT2D eigenvalue weighted by Crippen LogP contribution is -2.28. The molecule has 12 heavy (non-hydrogen) atoms. The summed E-state index contributed by atoms with van der Waals surface area (Å²) in [6.07, 6.45) is 1.19. The smallest absolute Gasteiger partial charge is 0.0548 e. The van der Waals surface area contributed by atoms with Gasteiger partial charge in [-0.3, -0.25) is 4.90 Å². The van der Waals surface area contributed by atoms with Gasteiger partial charge >= 0.3 is 0 Å². The van der Waals surface area contributed by atoms with E-state index in [0.29, 0.717) is 0 Å². The highest BCUT2D eigenvalue weighted by Gasteiger charge is 2.13. The number of nitrogens with zero attached hydrogens (tertiary/aromatic N) is 1. The average Bonchev–Trinajstić information content (AvgIpc) is 2.17. The first kappa shape index (κ1) is 7.81. The predicted octanol–water partition coefficient (Wildman–Crippen LogP) is 2.07. The SMILES string of the molecule is CCN1[CH]c2ccccc2CC1. The Morgan fingerprint density at radius 2 is 2.17 bits per heavy atom. The van der Waals surface area contributed by atoms with Crippen LogP contribution in [0.25, 0.3) is 0 Å². The zero-order valence-corrected chi connectivity index (χ0v) is 7.46. The average molecular weight is 160 g/mol. The maximum absolute atomic E-state index is 2.36. The fourth-order valence-corrected chi connectivity index (χ4v) is 1.66. The van der Waals surface area contributed by atoms with Gasteiger partial charge in [0.1, 0.15) is 0 Å². The number of hydrogen-bond donors (Lipinski definition) is 0. The molecule has 0 aromatic heterocycles. The summed E-state index contributed by atoms with van der Waals surface area (Å²) >= 11 is 0. The summed E-state index contributed by atoms with van der Waals surface area (Å²) in [7, 11) is 0. The van der Waals surface area contributed by atoms with Gasteiger partial charge in [0.2, 0.25) is 0 Å². The molecule has 0 aliphatic carbocycles. The van der Waals surface area contributed by atoms with Gasteiger partial charge in [-0.1, -0.05) is 31.2 Å². The van der Waals surface area contributed by atoms with E-state index in [2.05, 4.69) is 42.6 Å². The van der Waals surface area contributed by atoms with Crippen LogP contribution in [0.1, 0.15) is 18.1 Å².